The van der Waals surface area contributed by atoms with Crippen molar-refractivity contribution in [2.75, 3.05) is 19.0 Å². The van der Waals surface area contributed by atoms with Crippen LogP contribution in [0.25, 0.3) is 0 Å². The van der Waals surface area contributed by atoms with Crippen molar-refractivity contribution in [1.29, 1.82) is 0 Å². The van der Waals surface area contributed by atoms with Crippen LogP contribution in [-0.4, -0.2) is 25.4 Å². The molecule has 1 heterocycles. The Hall–Kier alpha value is -2.04. The molecule has 0 aliphatic carbocycles. The van der Waals surface area contributed by atoms with E-state index >= 15 is 0 Å². The van der Waals surface area contributed by atoms with Gasteiger partial charge in [0.2, 0.25) is 0 Å². The van der Waals surface area contributed by atoms with E-state index in [1.807, 2.05) is 6.92 Å². The molecule has 5 heteroatoms. The van der Waals surface area contributed by atoms with Crippen LogP contribution in [0.2, 0.25) is 0 Å². The molecule has 0 saturated heterocycles. The number of anilines is 1. The van der Waals surface area contributed by atoms with Gasteiger partial charge in [0.15, 0.2) is 11.5 Å². The number of methoxy groups -OCH3 is 1. The topological polar surface area (TPSA) is 64.6 Å². The van der Waals surface area contributed by atoms with Crippen LogP contribution >= 0.6 is 0 Å². The van der Waals surface area contributed by atoms with Crippen molar-refractivity contribution in [2.45, 2.75) is 6.92 Å². The van der Waals surface area contributed by atoms with Crippen molar-refractivity contribution >= 4 is 17.4 Å². The number of rotatable bonds is 3. The first-order chi connectivity index (χ1) is 7.69. The van der Waals surface area contributed by atoms with Crippen molar-refractivity contribution in [3.05, 3.63) is 17.7 Å². The van der Waals surface area contributed by atoms with Gasteiger partial charge in [0.05, 0.1) is 25.0 Å². The summed E-state index contributed by atoms with van der Waals surface area (Å²) in [5.74, 6) is -0.278. The second-order valence-corrected chi connectivity index (χ2v) is 3.24. The molecule has 1 N–H and O–H groups in total. The maximum atomic E-state index is 11.4. The van der Waals surface area contributed by atoms with Crippen LogP contribution in [0.5, 0.6) is 11.5 Å². The van der Waals surface area contributed by atoms with E-state index in [-0.39, 0.29) is 0 Å². The van der Waals surface area contributed by atoms with Crippen LogP contribution in [0.1, 0.15) is 17.3 Å². The molecule has 5 nitrogen and oxygen atoms in total. The molecule has 1 aliphatic heterocycles. The molecule has 0 radical (unpaired) electrons. The lowest BCUT2D eigenvalue weighted by Crippen LogP contribution is -2.12. The minimum absolute atomic E-state index is 0.328. The Balaban J connectivity index is 2.57. The first-order valence-corrected chi connectivity index (χ1v) is 4.88. The smallest absolute Gasteiger partial charge is 0.296 e. The van der Waals surface area contributed by atoms with Gasteiger partial charge >= 0.3 is 0 Å². The van der Waals surface area contributed by atoms with Crippen LogP contribution in [0.15, 0.2) is 12.1 Å². The van der Waals surface area contributed by atoms with Gasteiger partial charge in [-0.25, -0.2) is 0 Å². The zero-order chi connectivity index (χ0) is 11.7. The number of fused-ring (bicyclic) bond motifs is 1. The van der Waals surface area contributed by atoms with E-state index < -0.39 is 11.7 Å². The fraction of sp³-hybridized carbons (Fsp3) is 0.273. The lowest BCUT2D eigenvalue weighted by atomic mass is 10.1. The summed E-state index contributed by atoms with van der Waals surface area (Å²) in [6.07, 6.45) is 0. The maximum absolute atomic E-state index is 11.4. The summed E-state index contributed by atoms with van der Waals surface area (Å²) >= 11 is 0. The molecule has 2 rings (SSSR count). The predicted molar refractivity (Wildman–Crippen MR) is 57.1 cm³/mol. The molecule has 0 spiro atoms. The van der Waals surface area contributed by atoms with Crippen molar-refractivity contribution < 1.29 is 19.1 Å². The molecule has 1 aliphatic rings. The number of Topliss-reactive ketones (excluding diaryl/α,β-unsaturated/α-hetero) is 1. The second kappa shape index (κ2) is 3.84. The molecule has 0 bridgehead atoms. The molecule has 0 unspecified atom stereocenters. The van der Waals surface area contributed by atoms with Crippen molar-refractivity contribution in [2.24, 2.45) is 0 Å². The van der Waals surface area contributed by atoms with Crippen LogP contribution < -0.4 is 14.8 Å². The van der Waals surface area contributed by atoms with Gasteiger partial charge in [0, 0.05) is 0 Å². The van der Waals surface area contributed by atoms with Gasteiger partial charge < -0.3 is 14.8 Å². The molecular formula is C11H11NO4. The lowest BCUT2D eigenvalue weighted by molar-refractivity contribution is -0.112. The number of ketones is 1. The second-order valence-electron chi connectivity index (χ2n) is 3.24. The fourth-order valence-corrected chi connectivity index (χ4v) is 1.62. The molecule has 1 aromatic carbocycles. The number of hydrogen-bond donors (Lipinski definition) is 1. The van der Waals surface area contributed by atoms with E-state index in [9.17, 15) is 9.59 Å². The average molecular weight is 221 g/mol. The quantitative estimate of drug-likeness (QED) is 0.779. The van der Waals surface area contributed by atoms with E-state index in [1.54, 1.807) is 12.1 Å². The monoisotopic (exact) mass is 221 g/mol. The highest BCUT2D eigenvalue weighted by Gasteiger charge is 2.32. The molecule has 1 aromatic rings. The summed E-state index contributed by atoms with van der Waals surface area (Å²) < 4.78 is 10.5. The predicted octanol–water partition coefficient (Wildman–Crippen LogP) is 1.23. The zero-order valence-electron chi connectivity index (χ0n) is 8.99. The number of amides is 1. The van der Waals surface area contributed by atoms with E-state index in [1.165, 1.54) is 7.11 Å². The summed E-state index contributed by atoms with van der Waals surface area (Å²) in [6.45, 7) is 2.24. The number of carbonyl (C=O) groups is 2. The number of carbonyl (C=O) groups excluding carboxylic acids is 2. The standard InChI is InChI=1S/C11H11NO4/c1-3-16-10-7(15-2)5-4-6-8(10)12-11(14)9(6)13/h4-5H,3H2,1-2H3,(H,12,13,14). The number of nitrogens with one attached hydrogen (secondary N) is 1. The Morgan fingerprint density at radius 1 is 1.31 bits per heavy atom. The van der Waals surface area contributed by atoms with E-state index in [4.69, 9.17) is 9.47 Å². The van der Waals surface area contributed by atoms with Crippen LogP contribution in [0, 0.1) is 0 Å². The van der Waals surface area contributed by atoms with Gasteiger partial charge in [-0.15, -0.1) is 0 Å². The highest BCUT2D eigenvalue weighted by atomic mass is 16.5. The van der Waals surface area contributed by atoms with Crippen molar-refractivity contribution in [3.8, 4) is 11.5 Å². The maximum Gasteiger partial charge on any atom is 0.296 e. The molecule has 0 aromatic heterocycles. The molecular weight excluding hydrogens is 210 g/mol. The van der Waals surface area contributed by atoms with Gasteiger partial charge in [-0.1, -0.05) is 0 Å². The third-order valence-electron chi connectivity index (χ3n) is 2.32. The largest absolute Gasteiger partial charge is 0.493 e. The lowest BCUT2D eigenvalue weighted by Gasteiger charge is -2.12. The molecule has 0 fully saturated rings. The summed E-state index contributed by atoms with van der Waals surface area (Å²) in [5, 5.41) is 2.48. The minimum Gasteiger partial charge on any atom is -0.493 e. The Morgan fingerprint density at radius 3 is 2.69 bits per heavy atom. The van der Waals surface area contributed by atoms with Gasteiger partial charge in [0.1, 0.15) is 0 Å². The van der Waals surface area contributed by atoms with E-state index in [2.05, 4.69) is 5.32 Å². The molecule has 84 valence electrons. The fourth-order valence-electron chi connectivity index (χ4n) is 1.62. The number of hydrogen-bond acceptors (Lipinski definition) is 4. The van der Waals surface area contributed by atoms with Crippen molar-refractivity contribution in [3.63, 3.8) is 0 Å². The normalized spacial score (nSPS) is 13.4. The average Bonchev–Trinajstić information content (AvgIpc) is 2.57. The highest BCUT2D eigenvalue weighted by Crippen LogP contribution is 2.40. The summed E-state index contributed by atoms with van der Waals surface area (Å²) in [7, 11) is 1.50. The summed E-state index contributed by atoms with van der Waals surface area (Å²) in [6, 6.07) is 3.17. The Labute approximate surface area is 92.4 Å². The van der Waals surface area contributed by atoms with E-state index in [0.717, 1.165) is 0 Å². The highest BCUT2D eigenvalue weighted by molar-refractivity contribution is 6.52. The van der Waals surface area contributed by atoms with Crippen LogP contribution in [0.3, 0.4) is 0 Å². The molecule has 16 heavy (non-hydrogen) atoms. The number of benzene rings is 1. The van der Waals surface area contributed by atoms with E-state index in [0.29, 0.717) is 29.4 Å². The number of ether oxygens (including phenoxy) is 2. The Morgan fingerprint density at radius 2 is 2.06 bits per heavy atom. The summed E-state index contributed by atoms with van der Waals surface area (Å²) in [4.78, 5) is 22.7. The SMILES string of the molecule is CCOc1c(OC)ccc2c1NC(=O)C2=O. The van der Waals surface area contributed by atoms with Gasteiger partial charge in [-0.05, 0) is 19.1 Å². The first kappa shape index (κ1) is 10.5. The van der Waals surface area contributed by atoms with Gasteiger partial charge in [-0.3, -0.25) is 9.59 Å². The van der Waals surface area contributed by atoms with Gasteiger partial charge in [0.25, 0.3) is 11.7 Å². The molecule has 0 saturated carbocycles. The minimum atomic E-state index is -0.635. The Kier molecular flexibility index (Phi) is 2.52. The Bertz CT molecular complexity index is 467. The molecule has 1 amide bonds. The van der Waals surface area contributed by atoms with Gasteiger partial charge in [-0.2, -0.15) is 0 Å². The zero-order valence-corrected chi connectivity index (χ0v) is 8.99. The van der Waals surface area contributed by atoms with Crippen LogP contribution in [-0.2, 0) is 4.79 Å². The molecule has 0 atom stereocenters. The third kappa shape index (κ3) is 1.41. The third-order valence-corrected chi connectivity index (χ3v) is 2.32. The van der Waals surface area contributed by atoms with Crippen LogP contribution in [0.4, 0.5) is 5.69 Å². The first-order valence-electron chi connectivity index (χ1n) is 4.88. The van der Waals surface area contributed by atoms with Crippen molar-refractivity contribution in [1.82, 2.24) is 0 Å². The summed E-state index contributed by atoms with van der Waals surface area (Å²) in [5.41, 5.74) is 0.727.